The van der Waals surface area contributed by atoms with Gasteiger partial charge >= 0.3 is 5.97 Å². The number of ether oxygens (including phenoxy) is 1. The van der Waals surface area contributed by atoms with E-state index >= 15 is 0 Å². The molecule has 4 heteroatoms. The van der Waals surface area contributed by atoms with Gasteiger partial charge in [0.05, 0.1) is 12.0 Å². The zero-order valence-corrected chi connectivity index (χ0v) is 14.2. The third-order valence-electron chi connectivity index (χ3n) is 3.78. The first kappa shape index (κ1) is 12.9. The Kier molecular flexibility index (Phi) is 3.51. The first-order valence-electron chi connectivity index (χ1n) is 9.79. The maximum Gasteiger partial charge on any atom is 0.309 e. The molecule has 0 spiro atoms. The molecule has 23 heavy (non-hydrogen) atoms. The van der Waals surface area contributed by atoms with Crippen molar-refractivity contribution in [1.29, 1.82) is 0 Å². The van der Waals surface area contributed by atoms with Crippen molar-refractivity contribution in [2.24, 2.45) is 5.92 Å². The highest BCUT2D eigenvalue weighted by molar-refractivity contribution is 5.71. The highest BCUT2D eigenvalue weighted by Gasteiger charge is 2.45. The average molecular weight is 326 g/mol. The second kappa shape index (κ2) is 6.23. The molecule has 1 aliphatic rings. The Labute approximate surface area is 143 Å². The van der Waals surface area contributed by atoms with Gasteiger partial charge in [0.2, 0.25) is 0 Å². The molecule has 0 aromatic heterocycles. The molecule has 0 aliphatic heterocycles. The molecular formula is C19H27FO3. The first-order chi connectivity index (χ1) is 12.0. The number of fused-ring (bicyclic) bond motifs is 1. The zero-order valence-electron chi connectivity index (χ0n) is 18.2. The van der Waals surface area contributed by atoms with Gasteiger partial charge in [0.25, 0.3) is 0 Å². The normalized spacial score (nSPS) is 31.4. The molecule has 0 fully saturated rings. The largest absolute Gasteiger partial charge is 0.460 e. The maximum absolute atomic E-state index is 13.8. The number of hydrogen-bond acceptors (Lipinski definition) is 3. The maximum atomic E-state index is 13.8. The van der Waals surface area contributed by atoms with Crippen LogP contribution in [0.4, 0.5) is 4.39 Å². The lowest BCUT2D eigenvalue weighted by molar-refractivity contribution is -0.162. The van der Waals surface area contributed by atoms with E-state index in [4.69, 9.17) is 10.2 Å². The van der Waals surface area contributed by atoms with E-state index in [1.807, 2.05) is 0 Å². The van der Waals surface area contributed by atoms with E-state index in [1.165, 1.54) is 6.07 Å². The summed E-state index contributed by atoms with van der Waals surface area (Å²) in [5.41, 5.74) is -3.03. The van der Waals surface area contributed by atoms with E-state index in [9.17, 15) is 14.3 Å². The first-order valence-corrected chi connectivity index (χ1v) is 7.79. The second-order valence-electron chi connectivity index (χ2n) is 7.39. The lowest BCUT2D eigenvalue weighted by Gasteiger charge is -2.43. The van der Waals surface area contributed by atoms with Crippen molar-refractivity contribution in [3.8, 4) is 0 Å². The van der Waals surface area contributed by atoms with Gasteiger partial charge in [-0.2, -0.15) is 0 Å². The van der Waals surface area contributed by atoms with Gasteiger partial charge in [0.1, 0.15) is 11.4 Å². The fourth-order valence-electron chi connectivity index (χ4n) is 3.08. The summed E-state index contributed by atoms with van der Waals surface area (Å²) < 4.78 is 52.6. The van der Waals surface area contributed by atoms with Crippen molar-refractivity contribution < 1.29 is 24.5 Å². The third kappa shape index (κ3) is 4.11. The van der Waals surface area contributed by atoms with Crippen LogP contribution in [0.3, 0.4) is 0 Å². The molecule has 1 N–H and O–H groups in total. The van der Waals surface area contributed by atoms with Crippen LogP contribution in [-0.4, -0.2) is 22.3 Å². The zero-order chi connectivity index (χ0) is 21.0. The molecular weight excluding hydrogens is 295 g/mol. The number of hydrogen-bond donors (Lipinski definition) is 1. The van der Waals surface area contributed by atoms with Crippen LogP contribution >= 0.6 is 0 Å². The van der Waals surface area contributed by atoms with Crippen molar-refractivity contribution in [1.82, 2.24) is 0 Å². The highest BCUT2D eigenvalue weighted by Crippen LogP contribution is 2.45. The number of carbonyl (C=O) groups excluding carboxylic acids is 1. The number of benzene rings is 1. The van der Waals surface area contributed by atoms with Gasteiger partial charge in [0.15, 0.2) is 0 Å². The van der Waals surface area contributed by atoms with Crippen LogP contribution < -0.4 is 0 Å². The summed E-state index contributed by atoms with van der Waals surface area (Å²) in [6, 6.07) is 3.48. The number of rotatable bonds is 3. The average Bonchev–Trinajstić information content (AvgIpc) is 2.44. The molecule has 0 bridgehead atoms. The van der Waals surface area contributed by atoms with Crippen molar-refractivity contribution in [2.45, 2.75) is 70.9 Å². The molecule has 2 rings (SSSR count). The van der Waals surface area contributed by atoms with Gasteiger partial charge in [0, 0.05) is 11.4 Å². The van der Waals surface area contributed by atoms with Gasteiger partial charge in [-0.05, 0) is 62.7 Å². The predicted octanol–water partition coefficient (Wildman–Crippen LogP) is 3.97. The predicted molar refractivity (Wildman–Crippen MR) is 87.7 cm³/mol. The summed E-state index contributed by atoms with van der Waals surface area (Å²) in [6.07, 6.45) is -6.27. The Bertz CT molecular complexity index is 743. The van der Waals surface area contributed by atoms with E-state index in [0.717, 1.165) is 12.1 Å². The molecule has 0 unspecified atom stereocenters. The van der Waals surface area contributed by atoms with Crippen molar-refractivity contribution >= 4 is 5.97 Å². The molecule has 0 saturated heterocycles. The number of aryl methyl sites for hydroxylation is 1. The molecule has 0 amide bonds. The van der Waals surface area contributed by atoms with Crippen LogP contribution in [-0.2, 0) is 15.9 Å². The number of carbonyl (C=O) groups is 1. The van der Waals surface area contributed by atoms with Gasteiger partial charge < -0.3 is 9.84 Å². The fourth-order valence-corrected chi connectivity index (χ4v) is 3.08. The Balaban J connectivity index is 2.67. The van der Waals surface area contributed by atoms with Crippen LogP contribution in [0.15, 0.2) is 18.2 Å². The number of aliphatic hydroxyl groups is 1. The summed E-state index contributed by atoms with van der Waals surface area (Å²) in [5, 5.41) is 11.4. The quantitative estimate of drug-likeness (QED) is 0.855. The smallest absolute Gasteiger partial charge is 0.309 e. The SMILES string of the molecule is [2H]C1([2H])c2cc(F)ccc2[C@H](C(C)C)[C@](O)(CC(=O)OC(C)(C)C)C1([2H])[2H]. The Hall–Kier alpha value is -1.42. The summed E-state index contributed by atoms with van der Waals surface area (Å²) in [4.78, 5) is 12.4. The fraction of sp³-hybridized carbons (Fsp3) is 0.632. The molecule has 128 valence electrons. The standard InChI is InChI=1S/C19H27FO3/c1-12(2)17-15-7-6-14(20)10-13(15)8-9-19(17,22)11-16(21)23-18(3,4)5/h6-7,10,12,17,22H,8-9,11H2,1-5H3/t17-,19+/m0/s1/i8D2,9D2. The van der Waals surface area contributed by atoms with Crippen molar-refractivity contribution in [3.05, 3.63) is 35.1 Å². The minimum atomic E-state index is -2.85. The van der Waals surface area contributed by atoms with Crippen LogP contribution in [0.2, 0.25) is 0 Å². The van der Waals surface area contributed by atoms with Crippen LogP contribution in [0.5, 0.6) is 0 Å². The topological polar surface area (TPSA) is 46.5 Å². The Morgan fingerprint density at radius 2 is 2.17 bits per heavy atom. The van der Waals surface area contributed by atoms with Crippen molar-refractivity contribution in [3.63, 3.8) is 0 Å². The summed E-state index contributed by atoms with van der Waals surface area (Å²) in [6.45, 7) is 8.45. The Morgan fingerprint density at radius 1 is 1.52 bits per heavy atom. The van der Waals surface area contributed by atoms with Gasteiger partial charge in [-0.25, -0.2) is 4.39 Å². The minimum absolute atomic E-state index is 0.139. The third-order valence-corrected chi connectivity index (χ3v) is 3.78. The summed E-state index contributed by atoms with van der Waals surface area (Å²) >= 11 is 0. The molecule has 1 aromatic carbocycles. The number of halogens is 1. The molecule has 1 aromatic rings. The highest BCUT2D eigenvalue weighted by atomic mass is 19.1. The van der Waals surface area contributed by atoms with E-state index in [2.05, 4.69) is 0 Å². The van der Waals surface area contributed by atoms with Crippen molar-refractivity contribution in [2.75, 3.05) is 0 Å². The lowest BCUT2D eigenvalue weighted by atomic mass is 9.66. The summed E-state index contributed by atoms with van der Waals surface area (Å²) in [5.74, 6) is -2.76. The monoisotopic (exact) mass is 326 g/mol. The van der Waals surface area contributed by atoms with Gasteiger partial charge in [-0.1, -0.05) is 19.9 Å². The minimum Gasteiger partial charge on any atom is -0.460 e. The van der Waals surface area contributed by atoms with Crippen LogP contribution in [0.1, 0.15) is 69.9 Å². The molecule has 2 atom stereocenters. The van der Waals surface area contributed by atoms with Crippen LogP contribution in [0, 0.1) is 11.7 Å². The van der Waals surface area contributed by atoms with Crippen LogP contribution in [0.25, 0.3) is 0 Å². The molecule has 0 radical (unpaired) electrons. The Morgan fingerprint density at radius 3 is 2.74 bits per heavy atom. The van der Waals surface area contributed by atoms with Gasteiger partial charge in [-0.15, -0.1) is 0 Å². The molecule has 3 nitrogen and oxygen atoms in total. The van der Waals surface area contributed by atoms with E-state index in [1.54, 1.807) is 34.6 Å². The lowest BCUT2D eigenvalue weighted by Crippen LogP contribution is -2.45. The molecule has 1 aliphatic carbocycles. The molecule has 0 saturated carbocycles. The molecule has 0 heterocycles. The van der Waals surface area contributed by atoms with E-state index in [0.29, 0.717) is 5.56 Å². The number of esters is 1. The van der Waals surface area contributed by atoms with E-state index in [-0.39, 0.29) is 11.5 Å². The second-order valence-corrected chi connectivity index (χ2v) is 7.39. The summed E-state index contributed by atoms with van der Waals surface area (Å²) in [7, 11) is 0. The van der Waals surface area contributed by atoms with E-state index < -0.39 is 48.1 Å². The van der Waals surface area contributed by atoms with Gasteiger partial charge in [-0.3, -0.25) is 4.79 Å².